The van der Waals surface area contributed by atoms with Crippen LogP contribution in [0.15, 0.2) is 33.5 Å². The summed E-state index contributed by atoms with van der Waals surface area (Å²) in [6.07, 6.45) is 0.684. The molecule has 0 spiro atoms. The second-order valence-electron chi connectivity index (χ2n) is 6.62. The van der Waals surface area contributed by atoms with Crippen molar-refractivity contribution < 1.29 is 14.3 Å². The Morgan fingerprint density at radius 2 is 1.96 bits per heavy atom. The van der Waals surface area contributed by atoms with Crippen molar-refractivity contribution in [1.29, 1.82) is 0 Å². The summed E-state index contributed by atoms with van der Waals surface area (Å²) in [4.78, 5) is 28.3. The number of nitrogens with zero attached hydrogens (tertiary/aromatic N) is 3. The van der Waals surface area contributed by atoms with Crippen LogP contribution in [0, 0.1) is 0 Å². The highest BCUT2D eigenvalue weighted by Crippen LogP contribution is 2.13. The number of rotatable bonds is 6. The van der Waals surface area contributed by atoms with Crippen LogP contribution in [-0.2, 0) is 11.3 Å². The first-order chi connectivity index (χ1) is 12.0. The Hall–Kier alpha value is -2.12. The number of carbonyl (C=O) groups excluding carboxylic acids is 1. The van der Waals surface area contributed by atoms with Crippen molar-refractivity contribution in [3.63, 3.8) is 0 Å². The van der Waals surface area contributed by atoms with Crippen molar-refractivity contribution in [3.05, 3.63) is 34.8 Å². The number of oxazole rings is 1. The van der Waals surface area contributed by atoms with E-state index >= 15 is 0 Å². The number of hydrogen-bond acceptors (Lipinski definition) is 5. The van der Waals surface area contributed by atoms with Crippen molar-refractivity contribution in [1.82, 2.24) is 14.4 Å². The topological polar surface area (TPSA) is 78.9 Å². The van der Waals surface area contributed by atoms with Crippen molar-refractivity contribution in [3.8, 4) is 0 Å². The number of piperazine rings is 1. The summed E-state index contributed by atoms with van der Waals surface area (Å²) < 4.78 is 6.79. The summed E-state index contributed by atoms with van der Waals surface area (Å²) in [5.41, 5.74) is 1.35. The highest BCUT2D eigenvalue weighted by molar-refractivity contribution is 5.76. The van der Waals surface area contributed by atoms with Crippen molar-refractivity contribution in [2.45, 2.75) is 32.4 Å². The lowest BCUT2D eigenvalue weighted by Crippen LogP contribution is -2.50. The number of aliphatic hydroxyl groups excluding tert-OH is 1. The fourth-order valence-electron chi connectivity index (χ4n) is 3.33. The number of aliphatic hydroxyl groups is 1. The quantitative estimate of drug-likeness (QED) is 0.840. The average Bonchev–Trinajstić information content (AvgIpc) is 2.90. The van der Waals surface area contributed by atoms with E-state index in [1.807, 2.05) is 23.1 Å². The van der Waals surface area contributed by atoms with Gasteiger partial charge in [0.15, 0.2) is 5.58 Å². The lowest BCUT2D eigenvalue weighted by molar-refractivity contribution is -0.133. The van der Waals surface area contributed by atoms with Gasteiger partial charge in [-0.2, -0.15) is 0 Å². The first-order valence-electron chi connectivity index (χ1n) is 8.81. The highest BCUT2D eigenvalue weighted by Gasteiger charge is 2.21. The molecule has 7 nitrogen and oxygen atoms in total. The second kappa shape index (κ2) is 7.84. The number of aryl methyl sites for hydroxylation is 1. The molecule has 2 aromatic rings. The van der Waals surface area contributed by atoms with Crippen LogP contribution in [0.4, 0.5) is 0 Å². The molecule has 1 N–H and O–H groups in total. The van der Waals surface area contributed by atoms with Gasteiger partial charge >= 0.3 is 5.76 Å². The second-order valence-corrected chi connectivity index (χ2v) is 6.62. The number of hydrogen-bond donors (Lipinski definition) is 1. The molecule has 0 bridgehead atoms. The zero-order chi connectivity index (χ0) is 17.8. The maximum Gasteiger partial charge on any atom is 0.419 e. The fourth-order valence-corrected chi connectivity index (χ4v) is 3.33. The third-order valence-electron chi connectivity index (χ3n) is 4.59. The van der Waals surface area contributed by atoms with Gasteiger partial charge in [0.1, 0.15) is 0 Å². The molecule has 1 atom stereocenters. The average molecular weight is 347 g/mol. The molecule has 0 radical (unpaired) electrons. The summed E-state index contributed by atoms with van der Waals surface area (Å²) in [7, 11) is 0. The molecule has 2 heterocycles. The lowest BCUT2D eigenvalue weighted by Gasteiger charge is -2.35. The Morgan fingerprint density at radius 3 is 2.68 bits per heavy atom. The van der Waals surface area contributed by atoms with Crippen LogP contribution in [0.2, 0.25) is 0 Å². The Labute approximate surface area is 146 Å². The number of aromatic nitrogens is 1. The smallest absolute Gasteiger partial charge is 0.408 e. The van der Waals surface area contributed by atoms with Crippen LogP contribution in [0.5, 0.6) is 0 Å². The Kier molecular flexibility index (Phi) is 5.55. The summed E-state index contributed by atoms with van der Waals surface area (Å²) in [6, 6.07) is 7.32. The number of β-amino-alcohol motifs (C(OH)–C–C–N with tert-alkyl or cyclic N) is 1. The van der Waals surface area contributed by atoms with Gasteiger partial charge in [0.2, 0.25) is 5.91 Å². The SMILES string of the molecule is C[C@H](O)CN1CCN(C(=O)CCCn2c(=O)oc3ccccc32)CC1. The zero-order valence-corrected chi connectivity index (χ0v) is 14.6. The van der Waals surface area contributed by atoms with E-state index in [2.05, 4.69) is 4.90 Å². The van der Waals surface area contributed by atoms with Crippen molar-refractivity contribution in [2.75, 3.05) is 32.7 Å². The largest absolute Gasteiger partial charge is 0.419 e. The minimum Gasteiger partial charge on any atom is -0.408 e. The molecule has 1 aromatic carbocycles. The molecule has 1 amide bonds. The molecule has 1 saturated heterocycles. The molecular formula is C18H25N3O4. The van der Waals surface area contributed by atoms with Crippen LogP contribution >= 0.6 is 0 Å². The number of benzene rings is 1. The minimum absolute atomic E-state index is 0.123. The summed E-state index contributed by atoms with van der Waals surface area (Å²) in [5, 5.41) is 9.43. The van der Waals surface area contributed by atoms with Crippen LogP contribution in [-0.4, -0.2) is 64.2 Å². The maximum absolute atomic E-state index is 12.4. The van der Waals surface area contributed by atoms with Crippen molar-refractivity contribution >= 4 is 17.0 Å². The van der Waals surface area contributed by atoms with E-state index in [4.69, 9.17) is 4.42 Å². The van der Waals surface area contributed by atoms with Gasteiger partial charge in [0.25, 0.3) is 0 Å². The van der Waals surface area contributed by atoms with E-state index in [-0.39, 0.29) is 17.8 Å². The van der Waals surface area contributed by atoms with Gasteiger partial charge in [0.05, 0.1) is 11.6 Å². The van der Waals surface area contributed by atoms with Gasteiger partial charge in [-0.1, -0.05) is 12.1 Å². The third kappa shape index (κ3) is 4.29. The molecule has 1 aromatic heterocycles. The number of amides is 1. The Morgan fingerprint density at radius 1 is 1.24 bits per heavy atom. The standard InChI is InChI=1S/C18H25N3O4/c1-14(22)13-19-9-11-20(12-10-19)17(23)7-4-8-21-15-5-2-3-6-16(15)25-18(21)24/h2-3,5-6,14,22H,4,7-13H2,1H3/t14-/m0/s1. The molecule has 1 aliphatic heterocycles. The van der Waals surface area contributed by atoms with Crippen LogP contribution in [0.25, 0.3) is 11.1 Å². The lowest BCUT2D eigenvalue weighted by atomic mass is 10.2. The Balaban J connectivity index is 1.48. The molecule has 7 heteroatoms. The fraction of sp³-hybridized carbons (Fsp3) is 0.556. The third-order valence-corrected chi connectivity index (χ3v) is 4.59. The molecule has 1 aliphatic rings. The van der Waals surface area contributed by atoms with Gasteiger partial charge in [0, 0.05) is 45.7 Å². The van der Waals surface area contributed by atoms with Gasteiger partial charge < -0.3 is 14.4 Å². The molecule has 0 saturated carbocycles. The molecule has 0 aliphatic carbocycles. The summed E-state index contributed by atoms with van der Waals surface area (Å²) in [5.74, 6) is -0.252. The molecule has 1 fully saturated rings. The molecule has 136 valence electrons. The van der Waals surface area contributed by atoms with E-state index < -0.39 is 0 Å². The molecule has 0 unspecified atom stereocenters. The van der Waals surface area contributed by atoms with E-state index in [0.717, 1.165) is 18.6 Å². The van der Waals surface area contributed by atoms with Gasteiger partial charge in [-0.05, 0) is 25.5 Å². The van der Waals surface area contributed by atoms with E-state index in [1.165, 1.54) is 0 Å². The van der Waals surface area contributed by atoms with Crippen molar-refractivity contribution in [2.24, 2.45) is 0 Å². The first-order valence-corrected chi connectivity index (χ1v) is 8.81. The predicted molar refractivity (Wildman–Crippen MR) is 94.4 cm³/mol. The maximum atomic E-state index is 12.4. The van der Waals surface area contributed by atoms with Crippen LogP contribution < -0.4 is 5.76 Å². The number of carbonyl (C=O) groups is 1. The number of fused-ring (bicyclic) bond motifs is 1. The first kappa shape index (κ1) is 17.7. The summed E-state index contributed by atoms with van der Waals surface area (Å²) in [6.45, 7) is 5.88. The monoisotopic (exact) mass is 347 g/mol. The van der Waals surface area contributed by atoms with Crippen LogP contribution in [0.3, 0.4) is 0 Å². The molecular weight excluding hydrogens is 322 g/mol. The Bertz CT molecular complexity index is 772. The molecule has 3 rings (SSSR count). The van der Waals surface area contributed by atoms with E-state index in [1.54, 1.807) is 17.6 Å². The van der Waals surface area contributed by atoms with Crippen LogP contribution in [0.1, 0.15) is 19.8 Å². The highest BCUT2D eigenvalue weighted by atomic mass is 16.4. The molecule has 25 heavy (non-hydrogen) atoms. The summed E-state index contributed by atoms with van der Waals surface area (Å²) >= 11 is 0. The van der Waals surface area contributed by atoms with Gasteiger partial charge in [-0.25, -0.2) is 4.79 Å². The van der Waals surface area contributed by atoms with Gasteiger partial charge in [-0.3, -0.25) is 14.3 Å². The number of para-hydroxylation sites is 2. The van der Waals surface area contributed by atoms with E-state index in [0.29, 0.717) is 44.6 Å². The normalized spacial score (nSPS) is 17.1. The van der Waals surface area contributed by atoms with Gasteiger partial charge in [-0.15, -0.1) is 0 Å². The minimum atomic E-state index is -0.375. The van der Waals surface area contributed by atoms with E-state index in [9.17, 15) is 14.7 Å². The predicted octanol–water partition coefficient (Wildman–Crippen LogP) is 0.900. The zero-order valence-electron chi connectivity index (χ0n) is 14.6.